The molecule has 0 aliphatic rings. The summed E-state index contributed by atoms with van der Waals surface area (Å²) < 4.78 is 11.9. The zero-order valence-electron chi connectivity index (χ0n) is 33.5. The van der Waals surface area contributed by atoms with Gasteiger partial charge in [-0.3, -0.25) is 0 Å². The van der Waals surface area contributed by atoms with Crippen molar-refractivity contribution >= 4 is 41.4 Å². The van der Waals surface area contributed by atoms with Crippen LogP contribution in [0.15, 0.2) is 179 Å². The summed E-state index contributed by atoms with van der Waals surface area (Å²) >= 11 is 0. The van der Waals surface area contributed by atoms with E-state index in [1.165, 1.54) is 16.7 Å². The van der Waals surface area contributed by atoms with Crippen molar-refractivity contribution in [3.8, 4) is 45.8 Å². The lowest BCUT2D eigenvalue weighted by Crippen LogP contribution is -2.09. The van der Waals surface area contributed by atoms with Gasteiger partial charge in [0.15, 0.2) is 0 Å². The maximum absolute atomic E-state index is 5.97. The van der Waals surface area contributed by atoms with Gasteiger partial charge in [-0.1, -0.05) is 126 Å². The quantitative estimate of drug-likeness (QED) is 0.121. The van der Waals surface area contributed by atoms with E-state index in [4.69, 9.17) is 8.83 Å². The number of rotatable bonds is 11. The Morgan fingerprint density at radius 2 is 0.517 bits per heavy atom. The summed E-state index contributed by atoms with van der Waals surface area (Å²) in [5, 5.41) is 17.0. The summed E-state index contributed by atoms with van der Waals surface area (Å²) in [7, 11) is 0. The van der Waals surface area contributed by atoms with Crippen LogP contribution in [0.3, 0.4) is 0 Å². The molecule has 0 aliphatic carbocycles. The molecule has 0 N–H and O–H groups in total. The predicted octanol–water partition coefficient (Wildman–Crippen LogP) is 13.9. The van der Waals surface area contributed by atoms with E-state index >= 15 is 0 Å². The van der Waals surface area contributed by atoms with Crippen molar-refractivity contribution in [3.05, 3.63) is 209 Å². The van der Waals surface area contributed by atoms with Crippen LogP contribution in [0.2, 0.25) is 0 Å². The van der Waals surface area contributed by atoms with E-state index in [1.54, 1.807) is 0 Å². The summed E-state index contributed by atoms with van der Waals surface area (Å²) in [6.07, 6.45) is 8.47. The smallest absolute Gasteiger partial charge is 0.248 e. The fourth-order valence-corrected chi connectivity index (χ4v) is 6.77. The van der Waals surface area contributed by atoms with Gasteiger partial charge in [-0.2, -0.15) is 0 Å². The van der Waals surface area contributed by atoms with Crippen LogP contribution in [0.1, 0.15) is 38.9 Å². The maximum Gasteiger partial charge on any atom is 0.248 e. The first kappa shape index (κ1) is 37.7. The largest absolute Gasteiger partial charge is 0.416 e. The van der Waals surface area contributed by atoms with E-state index in [1.807, 2.05) is 72.8 Å². The first-order valence-electron chi connectivity index (χ1n) is 19.9. The highest BCUT2D eigenvalue weighted by atomic mass is 16.4. The molecule has 9 aromatic rings. The highest BCUT2D eigenvalue weighted by molar-refractivity contribution is 5.80. The fourth-order valence-electron chi connectivity index (χ4n) is 6.77. The summed E-state index contributed by atoms with van der Waals surface area (Å²) in [4.78, 5) is 2.28. The highest BCUT2D eigenvalue weighted by Crippen LogP contribution is 2.35. The lowest BCUT2D eigenvalue weighted by atomic mass is 10.1. The molecule has 290 valence electrons. The number of aryl methyl sites for hydroxylation is 3. The SMILES string of the molecule is Cc1ccc(-c2nnc(-c3ccc(/C=C/c4ccc(N(c5ccc(C)cc5)c5ccc(/C=C/c6ccc(-c7nnc(-c8ccc(C)cc8)o7)cc6)cc5)cc4)cc3)o2)cc1. The molecule has 0 unspecified atom stereocenters. The molecule has 7 heteroatoms. The monoisotopic (exact) mass is 779 g/mol. The van der Waals surface area contributed by atoms with Gasteiger partial charge >= 0.3 is 0 Å². The number of anilines is 3. The third kappa shape index (κ3) is 8.66. The molecular formula is C53H41N5O2. The summed E-state index contributed by atoms with van der Waals surface area (Å²) in [5.41, 5.74) is 14.7. The van der Waals surface area contributed by atoms with E-state index < -0.39 is 0 Å². The van der Waals surface area contributed by atoms with Gasteiger partial charge in [-0.05, 0) is 128 Å². The van der Waals surface area contributed by atoms with Gasteiger partial charge in [0.1, 0.15) is 0 Å². The lowest BCUT2D eigenvalue weighted by molar-refractivity contribution is 0.584. The Balaban J connectivity index is 0.867. The van der Waals surface area contributed by atoms with Gasteiger partial charge in [0.25, 0.3) is 0 Å². The van der Waals surface area contributed by atoms with E-state index in [2.05, 4.69) is 167 Å². The molecule has 0 bridgehead atoms. The molecule has 9 rings (SSSR count). The molecule has 0 fully saturated rings. The van der Waals surface area contributed by atoms with Crippen LogP contribution >= 0.6 is 0 Å². The van der Waals surface area contributed by atoms with Gasteiger partial charge < -0.3 is 13.7 Å². The standard InChI is InChI=1S/C53H41N5O2/c1-36-4-22-43(23-5-36)50-54-56-52(59-50)45-26-14-39(15-27-45)10-12-41-18-32-48(33-19-41)58(47-30-8-38(3)9-31-47)49-34-20-42(21-35-49)13-11-40-16-28-46(29-17-40)53-57-55-51(60-53)44-24-6-37(2)7-25-44/h4-35H,1-3H3/b12-10+,13-11+. The topological polar surface area (TPSA) is 81.1 Å². The second kappa shape index (κ2) is 16.9. The van der Waals surface area contributed by atoms with Gasteiger partial charge in [0.2, 0.25) is 23.6 Å². The second-order valence-corrected chi connectivity index (χ2v) is 14.8. The number of nitrogens with zero attached hydrogens (tertiary/aromatic N) is 5. The Morgan fingerprint density at radius 3 is 0.800 bits per heavy atom. The summed E-state index contributed by atoms with van der Waals surface area (Å²) in [6.45, 7) is 6.22. The number of hydrogen-bond donors (Lipinski definition) is 0. The minimum atomic E-state index is 0.498. The van der Waals surface area contributed by atoms with Crippen LogP contribution in [-0.4, -0.2) is 20.4 Å². The maximum atomic E-state index is 5.97. The third-order valence-corrected chi connectivity index (χ3v) is 10.3. The van der Waals surface area contributed by atoms with Crippen molar-refractivity contribution in [2.45, 2.75) is 20.8 Å². The Labute approximate surface area is 349 Å². The van der Waals surface area contributed by atoms with Gasteiger partial charge in [0.05, 0.1) is 0 Å². The van der Waals surface area contributed by atoms with Crippen LogP contribution in [0, 0.1) is 20.8 Å². The first-order chi connectivity index (χ1) is 29.4. The molecule has 7 aromatic carbocycles. The lowest BCUT2D eigenvalue weighted by Gasteiger charge is -2.26. The van der Waals surface area contributed by atoms with E-state index in [0.717, 1.165) is 61.6 Å². The Hall–Kier alpha value is -7.90. The zero-order chi connectivity index (χ0) is 40.8. The van der Waals surface area contributed by atoms with Gasteiger partial charge in [-0.25, -0.2) is 0 Å². The van der Waals surface area contributed by atoms with Crippen molar-refractivity contribution in [1.29, 1.82) is 0 Å². The molecule has 0 aliphatic heterocycles. The number of benzene rings is 7. The third-order valence-electron chi connectivity index (χ3n) is 10.3. The van der Waals surface area contributed by atoms with Crippen molar-refractivity contribution in [2.24, 2.45) is 0 Å². The van der Waals surface area contributed by atoms with E-state index in [-0.39, 0.29) is 0 Å². The van der Waals surface area contributed by atoms with Gasteiger partial charge in [-0.15, -0.1) is 20.4 Å². The zero-order valence-corrected chi connectivity index (χ0v) is 33.5. The van der Waals surface area contributed by atoms with Crippen LogP contribution < -0.4 is 4.90 Å². The molecule has 7 nitrogen and oxygen atoms in total. The highest BCUT2D eigenvalue weighted by Gasteiger charge is 2.14. The average Bonchev–Trinajstić information content (AvgIpc) is 3.99. The molecule has 0 amide bonds. The molecule has 0 spiro atoms. The van der Waals surface area contributed by atoms with Crippen LogP contribution in [0.5, 0.6) is 0 Å². The molecule has 0 atom stereocenters. The Morgan fingerprint density at radius 1 is 0.300 bits per heavy atom. The predicted molar refractivity (Wildman–Crippen MR) is 244 cm³/mol. The minimum absolute atomic E-state index is 0.498. The normalized spacial score (nSPS) is 11.4. The number of hydrogen-bond acceptors (Lipinski definition) is 7. The Kier molecular flexibility index (Phi) is 10.6. The molecule has 2 aromatic heterocycles. The average molecular weight is 780 g/mol. The summed E-state index contributed by atoms with van der Waals surface area (Å²) in [6, 6.07) is 58.3. The van der Waals surface area contributed by atoms with E-state index in [0.29, 0.717) is 23.6 Å². The minimum Gasteiger partial charge on any atom is -0.416 e. The van der Waals surface area contributed by atoms with Crippen LogP contribution in [0.4, 0.5) is 17.1 Å². The van der Waals surface area contributed by atoms with Crippen molar-refractivity contribution in [3.63, 3.8) is 0 Å². The first-order valence-corrected chi connectivity index (χ1v) is 19.9. The number of aromatic nitrogens is 4. The van der Waals surface area contributed by atoms with Crippen LogP contribution in [0.25, 0.3) is 70.1 Å². The Bertz CT molecular complexity index is 2710. The fraction of sp³-hybridized carbons (Fsp3) is 0.0566. The summed E-state index contributed by atoms with van der Waals surface area (Å²) in [5.74, 6) is 2.02. The second-order valence-electron chi connectivity index (χ2n) is 14.8. The molecule has 0 saturated heterocycles. The molecular weight excluding hydrogens is 739 g/mol. The molecule has 0 saturated carbocycles. The van der Waals surface area contributed by atoms with Crippen molar-refractivity contribution < 1.29 is 8.83 Å². The van der Waals surface area contributed by atoms with Crippen molar-refractivity contribution in [1.82, 2.24) is 20.4 Å². The van der Waals surface area contributed by atoms with Crippen LogP contribution in [-0.2, 0) is 0 Å². The van der Waals surface area contributed by atoms with E-state index in [9.17, 15) is 0 Å². The van der Waals surface area contributed by atoms with Gasteiger partial charge in [0, 0.05) is 39.3 Å². The molecule has 60 heavy (non-hydrogen) atoms. The van der Waals surface area contributed by atoms with Crippen molar-refractivity contribution in [2.75, 3.05) is 4.90 Å². The molecule has 0 radical (unpaired) electrons. The molecule has 2 heterocycles.